The van der Waals surface area contributed by atoms with Gasteiger partial charge in [-0.3, -0.25) is 0 Å². The van der Waals surface area contributed by atoms with E-state index >= 15 is 0 Å². The number of para-hydroxylation sites is 2. The van der Waals surface area contributed by atoms with Crippen LogP contribution in [0.2, 0.25) is 0 Å². The Bertz CT molecular complexity index is 6140. The first kappa shape index (κ1) is 82.9. The molecule has 0 aliphatic rings. The Labute approximate surface area is 671 Å². The standard InChI is InChI=1S/C23H28N.C22H26FN2.C22H26N.C18H18FN2.C18H19N2/c1-15(2)11-19-7-8-21-20(14-19)9-10-24(6)23(21)22-13-16(3)12-17(4)18(22)5;1-13(2)9-17-7-8-18-20(11-17)24-12-25(6)22(18)19-10-14(3)21(23)16(5)15(19)4;1-14(2)18-7-8-20-19(13-18)9-10-23(6)22(20)21-12-15(3)11-16(4)17(21)5;1-11-9-15(12(2)13(3)17(11)19)18-14-7-5-6-8-16(14)20-10-21(18)4;1-12-9-13(2)14(3)16(10-12)18-15-7-5-6-8-17(15)19-11-20(18)4/h7-10,12-15H,11H2,1-6H3;7-8,10-13H,9H2,1-6H3;7-14H,1-6H3;5-10H,1-4H3;5-11H,1-4H3/q5*+1. The highest BCUT2D eigenvalue weighted by Crippen LogP contribution is 2.38. The largest absolute Gasteiger partial charge is 0.287 e. The van der Waals surface area contributed by atoms with Crippen LogP contribution < -0.4 is 22.8 Å². The van der Waals surface area contributed by atoms with Gasteiger partial charge in [0.2, 0.25) is 11.4 Å². The SMILES string of the molecule is Cc1cc(-c2c3ccc(CC(C)C)cc3nc[n+]2C)c(C)c(C)c1F.Cc1cc(-c2c3ccccc3nc[n+]2C)c(C)c(C)c1F.Cc1cc(C)c(C)c(-c2c3ccc(C(C)C)cc3cc[n+]2C)c1.Cc1cc(C)c(C)c(-c2c3ccc(CC(C)C)cc3cc[n+]2C)c1.Cc1cc(C)c(C)c(-c2c3ccccc3nc[n+]2C)c1. The minimum Gasteiger partial charge on any atom is -0.232 e. The summed E-state index contributed by atoms with van der Waals surface area (Å²) < 4.78 is 39.0. The van der Waals surface area contributed by atoms with Crippen molar-refractivity contribution < 1.29 is 31.6 Å². The second-order valence-electron chi connectivity index (χ2n) is 33.0. The molecule has 0 unspecified atom stereocenters. The van der Waals surface area contributed by atoms with E-state index in [9.17, 15) is 8.78 Å². The minimum absolute atomic E-state index is 0.110. The molecule has 113 heavy (non-hydrogen) atoms. The maximum absolute atomic E-state index is 14.3. The molecule has 0 fully saturated rings. The smallest absolute Gasteiger partial charge is 0.232 e. The lowest BCUT2D eigenvalue weighted by atomic mass is 9.93. The van der Waals surface area contributed by atoms with E-state index in [4.69, 9.17) is 0 Å². The van der Waals surface area contributed by atoms with Crippen molar-refractivity contribution in [3.63, 3.8) is 0 Å². The molecule has 0 saturated carbocycles. The van der Waals surface area contributed by atoms with Gasteiger partial charge in [0.15, 0.2) is 28.9 Å². The molecule has 10 heteroatoms. The molecule has 5 aromatic heterocycles. The van der Waals surface area contributed by atoms with Gasteiger partial charge in [-0.2, -0.15) is 0 Å². The summed E-state index contributed by atoms with van der Waals surface area (Å²) in [5.41, 5.74) is 36.0. The lowest BCUT2D eigenvalue weighted by Crippen LogP contribution is -2.32. The molecular weight excluding hydrogens is 1390 g/mol. The number of nitrogens with zero attached hydrogens (tertiary/aromatic N) is 8. The van der Waals surface area contributed by atoms with Crippen LogP contribution in [0.25, 0.3) is 111 Å². The Hall–Kier alpha value is -11.1. The van der Waals surface area contributed by atoms with Gasteiger partial charge in [-0.05, 0) is 322 Å². The van der Waals surface area contributed by atoms with Gasteiger partial charge in [-0.15, -0.1) is 0 Å². The molecule has 10 aromatic carbocycles. The van der Waals surface area contributed by atoms with Gasteiger partial charge in [0.1, 0.15) is 42.8 Å². The number of aryl methyl sites for hydroxylation is 13. The van der Waals surface area contributed by atoms with Crippen LogP contribution in [0.1, 0.15) is 148 Å². The van der Waals surface area contributed by atoms with Crippen molar-refractivity contribution in [3.05, 3.63) is 307 Å². The molecule has 0 amide bonds. The number of pyridine rings is 2. The Balaban J connectivity index is 0.000000140. The Kier molecular flexibility index (Phi) is 25.6. The third-order valence-corrected chi connectivity index (χ3v) is 22.8. The number of aromatic nitrogens is 8. The van der Waals surface area contributed by atoms with Crippen LogP contribution >= 0.6 is 0 Å². The molecule has 15 rings (SSSR count). The topological polar surface area (TPSA) is 58.1 Å². The Morgan fingerprint density at radius 2 is 0.619 bits per heavy atom. The van der Waals surface area contributed by atoms with Crippen molar-refractivity contribution >= 4 is 54.3 Å². The minimum atomic E-state index is -0.114. The molecule has 578 valence electrons. The maximum Gasteiger partial charge on any atom is 0.287 e. The van der Waals surface area contributed by atoms with Gasteiger partial charge >= 0.3 is 0 Å². The number of rotatable bonds is 10. The van der Waals surface area contributed by atoms with Crippen molar-refractivity contribution in [1.29, 1.82) is 0 Å². The van der Waals surface area contributed by atoms with Crippen molar-refractivity contribution in [2.24, 2.45) is 47.1 Å². The third kappa shape index (κ3) is 17.9. The van der Waals surface area contributed by atoms with Crippen LogP contribution in [0.15, 0.2) is 195 Å². The number of fused-ring (bicyclic) bond motifs is 5. The first-order valence-electron chi connectivity index (χ1n) is 40.0. The highest BCUT2D eigenvalue weighted by molar-refractivity contribution is 5.97. The van der Waals surface area contributed by atoms with Gasteiger partial charge in [-0.1, -0.05) is 131 Å². The van der Waals surface area contributed by atoms with Gasteiger partial charge in [-0.25, -0.2) is 31.6 Å². The molecule has 0 bridgehead atoms. The highest BCUT2D eigenvalue weighted by Gasteiger charge is 2.26. The van der Waals surface area contributed by atoms with Crippen LogP contribution in [0.3, 0.4) is 0 Å². The summed E-state index contributed by atoms with van der Waals surface area (Å²) in [4.78, 5) is 13.6. The van der Waals surface area contributed by atoms with Crippen molar-refractivity contribution in [2.45, 2.75) is 164 Å². The fraction of sp³-hybridized carbons (Fsp3) is 0.301. The highest BCUT2D eigenvalue weighted by atomic mass is 19.1. The second kappa shape index (κ2) is 34.9. The van der Waals surface area contributed by atoms with E-state index < -0.39 is 0 Å². The van der Waals surface area contributed by atoms with Crippen LogP contribution in [0.5, 0.6) is 0 Å². The van der Waals surface area contributed by atoms with E-state index in [1.54, 1.807) is 0 Å². The third-order valence-electron chi connectivity index (χ3n) is 22.8. The molecule has 8 nitrogen and oxygen atoms in total. The number of hydrogen-bond donors (Lipinski definition) is 0. The zero-order valence-corrected chi connectivity index (χ0v) is 72.0. The molecule has 0 spiro atoms. The summed E-state index contributed by atoms with van der Waals surface area (Å²) in [5, 5.41) is 8.70. The summed E-state index contributed by atoms with van der Waals surface area (Å²) >= 11 is 0. The summed E-state index contributed by atoms with van der Waals surface area (Å²) in [6, 6.07) is 58.8. The van der Waals surface area contributed by atoms with E-state index in [1.807, 2.05) is 120 Å². The molecule has 5 heterocycles. The van der Waals surface area contributed by atoms with Gasteiger partial charge in [0.25, 0.3) is 19.0 Å². The molecular formula is C103H117F2N8+5. The van der Waals surface area contributed by atoms with Crippen molar-refractivity contribution in [3.8, 4) is 56.3 Å². The molecule has 15 aromatic rings. The average molecular weight is 1510 g/mol. The summed E-state index contributed by atoms with van der Waals surface area (Å²) in [7, 11) is 10.3. The quantitative estimate of drug-likeness (QED) is 0.128. The number of benzene rings is 10. The first-order valence-corrected chi connectivity index (χ1v) is 40.0. The van der Waals surface area contributed by atoms with Gasteiger partial charge < -0.3 is 0 Å². The van der Waals surface area contributed by atoms with E-state index in [0.717, 1.165) is 79.4 Å². The molecule has 0 radical (unpaired) electrons. The Morgan fingerprint density at radius 1 is 0.292 bits per heavy atom. The van der Waals surface area contributed by atoms with E-state index in [2.05, 4.69) is 293 Å². The lowest BCUT2D eigenvalue weighted by Gasteiger charge is -2.14. The van der Waals surface area contributed by atoms with Crippen LogP contribution in [0.4, 0.5) is 8.78 Å². The summed E-state index contributed by atoms with van der Waals surface area (Å²) in [6.45, 7) is 44.6. The van der Waals surface area contributed by atoms with E-state index in [0.29, 0.717) is 34.4 Å². The number of hydrogen-bond acceptors (Lipinski definition) is 3. The molecule has 0 aliphatic heterocycles. The Morgan fingerprint density at radius 3 is 1.01 bits per heavy atom. The maximum atomic E-state index is 14.3. The fourth-order valence-corrected chi connectivity index (χ4v) is 16.1. The summed E-state index contributed by atoms with van der Waals surface area (Å²) in [6.07, 6.45) is 12.1. The normalized spacial score (nSPS) is 11.3. The fourth-order valence-electron chi connectivity index (χ4n) is 16.1. The first-order chi connectivity index (χ1) is 53.6. The lowest BCUT2D eigenvalue weighted by molar-refractivity contribution is -0.662. The predicted octanol–water partition coefficient (Wildman–Crippen LogP) is 23.3. The van der Waals surface area contributed by atoms with E-state index in [-0.39, 0.29) is 11.6 Å². The zero-order chi connectivity index (χ0) is 81.9. The van der Waals surface area contributed by atoms with Gasteiger partial charge in [0.05, 0.1) is 59.2 Å². The molecule has 0 N–H and O–H groups in total. The van der Waals surface area contributed by atoms with Crippen LogP contribution in [-0.2, 0) is 48.1 Å². The molecule has 0 saturated heterocycles. The van der Waals surface area contributed by atoms with Crippen LogP contribution in [-0.4, -0.2) is 15.0 Å². The van der Waals surface area contributed by atoms with Crippen molar-refractivity contribution in [2.75, 3.05) is 0 Å². The molecule has 0 aliphatic carbocycles. The monoisotopic (exact) mass is 1500 g/mol. The average Bonchev–Trinajstić information content (AvgIpc) is 0.789. The predicted molar refractivity (Wildman–Crippen MR) is 468 cm³/mol. The van der Waals surface area contributed by atoms with Gasteiger partial charge in [0, 0.05) is 28.8 Å². The van der Waals surface area contributed by atoms with Crippen molar-refractivity contribution in [1.82, 2.24) is 15.0 Å². The zero-order valence-electron chi connectivity index (χ0n) is 72.0. The summed E-state index contributed by atoms with van der Waals surface area (Å²) in [5.74, 6) is 1.63. The van der Waals surface area contributed by atoms with Crippen LogP contribution in [0, 0.1) is 127 Å². The number of halogens is 2. The van der Waals surface area contributed by atoms with E-state index in [1.165, 1.54) is 127 Å². The second-order valence-corrected chi connectivity index (χ2v) is 33.0. The molecule has 0 atom stereocenters.